The Morgan fingerprint density at radius 2 is 1.89 bits per heavy atom. The molecule has 202 valence electrons. The van der Waals surface area contributed by atoms with Crippen molar-refractivity contribution < 1.29 is 22.3 Å². The molecule has 0 unspecified atom stereocenters. The first-order valence-electron chi connectivity index (χ1n) is 12.4. The molecule has 1 saturated heterocycles. The highest BCUT2D eigenvalue weighted by atomic mass is 19.4. The molecule has 1 fully saturated rings. The van der Waals surface area contributed by atoms with Crippen LogP contribution in [-0.2, 0) is 12.7 Å². The lowest BCUT2D eigenvalue weighted by Crippen LogP contribution is -2.39. The van der Waals surface area contributed by atoms with Gasteiger partial charge in [0.25, 0.3) is 0 Å². The second-order valence-corrected chi connectivity index (χ2v) is 9.33. The van der Waals surface area contributed by atoms with Gasteiger partial charge in [-0.1, -0.05) is 0 Å². The van der Waals surface area contributed by atoms with Crippen molar-refractivity contribution in [3.05, 3.63) is 64.9 Å². The summed E-state index contributed by atoms with van der Waals surface area (Å²) in [6, 6.07) is 7.06. The Hall–Kier alpha value is -3.60. The van der Waals surface area contributed by atoms with E-state index in [-0.39, 0.29) is 17.3 Å². The van der Waals surface area contributed by atoms with Gasteiger partial charge in [0.2, 0.25) is 0 Å². The molecular weight excluding hydrogens is 500 g/mol. The molecular formula is C27H30F4N6O. The number of piperidine rings is 1. The lowest BCUT2D eigenvalue weighted by atomic mass is 9.85. The number of alkyl halides is 3. The summed E-state index contributed by atoms with van der Waals surface area (Å²) in [7, 11) is 0. The van der Waals surface area contributed by atoms with E-state index in [0.29, 0.717) is 60.4 Å². The van der Waals surface area contributed by atoms with Crippen molar-refractivity contribution in [1.82, 2.24) is 9.88 Å². The number of benzene rings is 1. The molecule has 0 bridgehead atoms. The number of hydrogen-bond acceptors (Lipinski definition) is 7. The van der Waals surface area contributed by atoms with E-state index in [1.165, 1.54) is 12.1 Å². The molecule has 2 aromatic rings. The van der Waals surface area contributed by atoms with Gasteiger partial charge in [0.15, 0.2) is 0 Å². The summed E-state index contributed by atoms with van der Waals surface area (Å²) < 4.78 is 58.3. The Labute approximate surface area is 218 Å². The number of allylic oxidation sites excluding steroid dienone is 2. The van der Waals surface area contributed by atoms with E-state index in [4.69, 9.17) is 10.1 Å². The molecule has 1 aromatic heterocycles. The molecule has 4 rings (SSSR count). The summed E-state index contributed by atoms with van der Waals surface area (Å²) in [5, 5.41) is 20.6. The van der Waals surface area contributed by atoms with Crippen LogP contribution in [0, 0.1) is 17.1 Å². The monoisotopic (exact) mass is 530 g/mol. The largest absolute Gasteiger partial charge is 0.494 e. The summed E-state index contributed by atoms with van der Waals surface area (Å²) >= 11 is 0. The highest BCUT2D eigenvalue weighted by molar-refractivity contribution is 6.54. The lowest BCUT2D eigenvalue weighted by molar-refractivity contribution is -0.137. The van der Waals surface area contributed by atoms with Crippen LogP contribution in [0.2, 0.25) is 0 Å². The van der Waals surface area contributed by atoms with Crippen LogP contribution in [-0.4, -0.2) is 46.7 Å². The van der Waals surface area contributed by atoms with Gasteiger partial charge in [-0.25, -0.2) is 4.39 Å². The van der Waals surface area contributed by atoms with Crippen molar-refractivity contribution in [3.8, 4) is 5.75 Å². The van der Waals surface area contributed by atoms with Crippen LogP contribution in [0.5, 0.6) is 5.75 Å². The smallest absolute Gasteiger partial charge is 0.417 e. The average molecular weight is 531 g/mol. The van der Waals surface area contributed by atoms with E-state index < -0.39 is 17.6 Å². The molecule has 0 saturated carbocycles. The van der Waals surface area contributed by atoms with Crippen LogP contribution in [0.25, 0.3) is 0 Å². The fraction of sp³-hybridized carbons (Fsp3) is 0.407. The maximum absolute atomic E-state index is 14.6. The van der Waals surface area contributed by atoms with Gasteiger partial charge < -0.3 is 10.1 Å². The van der Waals surface area contributed by atoms with Crippen LogP contribution in [0.1, 0.15) is 44.9 Å². The van der Waals surface area contributed by atoms with Gasteiger partial charge in [-0.3, -0.25) is 15.3 Å². The molecule has 2 N–H and O–H groups in total. The number of pyridine rings is 1. The first-order valence-corrected chi connectivity index (χ1v) is 12.4. The molecule has 1 aromatic carbocycles. The summed E-state index contributed by atoms with van der Waals surface area (Å²) in [6.07, 6.45) is -2.09. The zero-order chi connectivity index (χ0) is 27.4. The van der Waals surface area contributed by atoms with Crippen LogP contribution in [0.4, 0.5) is 23.2 Å². The Kier molecular flexibility index (Phi) is 8.25. The second-order valence-electron chi connectivity index (χ2n) is 9.33. The third-order valence-corrected chi connectivity index (χ3v) is 6.64. The van der Waals surface area contributed by atoms with Crippen molar-refractivity contribution in [2.24, 2.45) is 16.1 Å². The topological polar surface area (TPSA) is 86.0 Å². The van der Waals surface area contributed by atoms with E-state index in [2.05, 4.69) is 25.4 Å². The first-order chi connectivity index (χ1) is 18.1. The number of hydrogen-bond donors (Lipinski definition) is 2. The molecule has 0 amide bonds. The Bertz CT molecular complexity index is 1280. The fourth-order valence-corrected chi connectivity index (χ4v) is 4.68. The second kappa shape index (κ2) is 11.4. The van der Waals surface area contributed by atoms with Crippen LogP contribution < -0.4 is 10.1 Å². The predicted molar refractivity (Wildman–Crippen MR) is 139 cm³/mol. The lowest BCUT2D eigenvalue weighted by Gasteiger charge is -2.33. The quantitative estimate of drug-likeness (QED) is 0.425. The normalized spacial score (nSPS) is 18.7. The molecule has 2 aliphatic heterocycles. The summed E-state index contributed by atoms with van der Waals surface area (Å²) in [5.41, 5.74) is 2.69. The van der Waals surface area contributed by atoms with Crippen molar-refractivity contribution in [2.75, 3.05) is 25.0 Å². The molecule has 3 heterocycles. The van der Waals surface area contributed by atoms with E-state index in [9.17, 15) is 17.6 Å². The maximum Gasteiger partial charge on any atom is 0.417 e. The Balaban J connectivity index is 1.40. The number of nitrogens with one attached hydrogen (secondary N) is 2. The third-order valence-electron chi connectivity index (χ3n) is 6.64. The van der Waals surface area contributed by atoms with Gasteiger partial charge in [0.1, 0.15) is 11.6 Å². The zero-order valence-electron chi connectivity index (χ0n) is 21.5. The minimum absolute atomic E-state index is 0.0150. The van der Waals surface area contributed by atoms with Crippen LogP contribution in [0.15, 0.2) is 58.0 Å². The number of anilines is 1. The van der Waals surface area contributed by atoms with Gasteiger partial charge in [-0.15, -0.1) is 0 Å². The summed E-state index contributed by atoms with van der Waals surface area (Å²) in [6.45, 7) is 7.65. The third kappa shape index (κ3) is 6.27. The number of halogens is 4. The molecule has 7 nitrogen and oxygen atoms in total. The van der Waals surface area contributed by atoms with Crippen molar-refractivity contribution in [2.45, 2.75) is 46.3 Å². The predicted octanol–water partition coefficient (Wildman–Crippen LogP) is 6.09. The summed E-state index contributed by atoms with van der Waals surface area (Å²) in [4.78, 5) is 6.10. The highest BCUT2D eigenvalue weighted by Crippen LogP contribution is 2.30. The molecule has 0 atom stereocenters. The molecule has 0 aliphatic carbocycles. The van der Waals surface area contributed by atoms with Gasteiger partial charge in [-0.2, -0.15) is 23.4 Å². The zero-order valence-corrected chi connectivity index (χ0v) is 21.5. The number of ether oxygens (including phenoxy) is 1. The van der Waals surface area contributed by atoms with Crippen molar-refractivity contribution in [1.29, 1.82) is 5.41 Å². The van der Waals surface area contributed by atoms with E-state index >= 15 is 0 Å². The summed E-state index contributed by atoms with van der Waals surface area (Å²) in [5.74, 6) is -0.00307. The van der Waals surface area contributed by atoms with Crippen molar-refractivity contribution in [3.63, 3.8) is 0 Å². The van der Waals surface area contributed by atoms with Crippen LogP contribution in [0.3, 0.4) is 0 Å². The molecule has 38 heavy (non-hydrogen) atoms. The number of likely N-dealkylation sites (tertiary alicyclic amines) is 1. The van der Waals surface area contributed by atoms with E-state index in [1.807, 2.05) is 6.92 Å². The highest BCUT2D eigenvalue weighted by Gasteiger charge is 2.32. The fourth-order valence-electron chi connectivity index (χ4n) is 4.68. The number of nitrogens with zero attached hydrogens (tertiary/aromatic N) is 4. The minimum atomic E-state index is -4.40. The maximum atomic E-state index is 14.6. The number of aromatic nitrogens is 1. The molecule has 0 radical (unpaired) electrons. The molecule has 2 aliphatic rings. The van der Waals surface area contributed by atoms with Gasteiger partial charge in [0.05, 0.1) is 40.7 Å². The SMILES string of the molecule is CCOc1ccc(N/C(C)=C2\C(=N)C(C3CCN(Cc4ccc(C(F)(F)F)cn4)CC3)=NN=C2C)c(F)c1. The standard InChI is InChI=1S/C27H30F4N6O/c1-4-38-21-7-8-23(22(28)13-21)34-16(2)24-17(3)35-36-26(25(24)32)18-9-11-37(12-10-18)15-20-6-5-19(14-33-20)27(29,30)31/h5-8,13-14,18,32,34H,4,9-12,15H2,1-3H3/b24-16-,32-25?. The van der Waals surface area contributed by atoms with E-state index in [1.54, 1.807) is 26.0 Å². The van der Waals surface area contributed by atoms with Crippen LogP contribution >= 0.6 is 0 Å². The van der Waals surface area contributed by atoms with Gasteiger partial charge >= 0.3 is 6.18 Å². The molecule has 0 spiro atoms. The first kappa shape index (κ1) is 27.4. The molecule has 11 heteroatoms. The van der Waals surface area contributed by atoms with Crippen molar-refractivity contribution >= 4 is 22.8 Å². The average Bonchev–Trinajstić information content (AvgIpc) is 2.86. The Morgan fingerprint density at radius 3 is 2.50 bits per heavy atom. The minimum Gasteiger partial charge on any atom is -0.494 e. The Morgan fingerprint density at radius 1 is 1.16 bits per heavy atom. The van der Waals surface area contributed by atoms with Gasteiger partial charge in [0, 0.05) is 36.0 Å². The van der Waals surface area contributed by atoms with E-state index in [0.717, 1.165) is 25.1 Å². The van der Waals surface area contributed by atoms with Gasteiger partial charge in [-0.05, 0) is 71.0 Å². The number of rotatable bonds is 7.